The van der Waals surface area contributed by atoms with E-state index in [4.69, 9.17) is 14.5 Å². The second-order valence-electron chi connectivity index (χ2n) is 6.78. The van der Waals surface area contributed by atoms with E-state index in [0.29, 0.717) is 5.92 Å². The maximum absolute atomic E-state index is 5.16. The number of hydrogen-bond donors (Lipinski definition) is 0. The largest absolute Gasteiger partial charge is 0.472 e. The van der Waals surface area contributed by atoms with E-state index < -0.39 is 0 Å². The Kier molecular flexibility index (Phi) is 3.75. The first kappa shape index (κ1) is 15.3. The lowest BCUT2D eigenvalue weighted by Crippen LogP contribution is -2.19. The summed E-state index contributed by atoms with van der Waals surface area (Å²) in [6.45, 7) is 2.97. The van der Waals surface area contributed by atoms with Crippen molar-refractivity contribution in [3.05, 3.63) is 72.8 Å². The van der Waals surface area contributed by atoms with Gasteiger partial charge in [0.2, 0.25) is 0 Å². The molecule has 0 radical (unpaired) electrons. The lowest BCUT2D eigenvalue weighted by atomic mass is 10.1. The Morgan fingerprint density at radius 3 is 3.00 bits per heavy atom. The number of pyridine rings is 2. The van der Waals surface area contributed by atoms with Gasteiger partial charge in [0.25, 0.3) is 0 Å². The number of nitrogens with zero attached hydrogens (tertiary/aromatic N) is 5. The second kappa shape index (κ2) is 6.38. The van der Waals surface area contributed by atoms with Crippen molar-refractivity contribution in [2.24, 2.45) is 0 Å². The predicted molar refractivity (Wildman–Crippen MR) is 97.6 cm³/mol. The van der Waals surface area contributed by atoms with Crippen molar-refractivity contribution >= 4 is 5.65 Å². The number of aromatic nitrogens is 4. The zero-order valence-electron chi connectivity index (χ0n) is 14.3. The molecule has 1 fully saturated rings. The molecule has 6 heteroatoms. The van der Waals surface area contributed by atoms with Gasteiger partial charge in [-0.15, -0.1) is 0 Å². The van der Waals surface area contributed by atoms with Crippen LogP contribution in [0.4, 0.5) is 0 Å². The molecule has 5 heterocycles. The molecule has 0 aliphatic carbocycles. The molecule has 0 saturated carbocycles. The molecule has 1 aliphatic rings. The molecule has 4 aromatic rings. The van der Waals surface area contributed by atoms with Crippen LogP contribution in [0.2, 0.25) is 0 Å². The van der Waals surface area contributed by atoms with E-state index in [1.54, 1.807) is 12.5 Å². The fraction of sp³-hybridized carbons (Fsp3) is 0.250. The molecule has 0 amide bonds. The van der Waals surface area contributed by atoms with E-state index in [1.165, 1.54) is 5.56 Å². The molecular weight excluding hydrogens is 326 g/mol. The maximum Gasteiger partial charge on any atom is 0.156 e. The first-order chi connectivity index (χ1) is 12.8. The van der Waals surface area contributed by atoms with Crippen molar-refractivity contribution in [1.29, 1.82) is 0 Å². The number of likely N-dealkylation sites (tertiary alicyclic amines) is 1. The summed E-state index contributed by atoms with van der Waals surface area (Å²) in [7, 11) is 0. The number of furan rings is 1. The van der Waals surface area contributed by atoms with Crippen LogP contribution >= 0.6 is 0 Å². The lowest BCUT2D eigenvalue weighted by Gasteiger charge is -2.13. The van der Waals surface area contributed by atoms with Gasteiger partial charge < -0.3 is 4.42 Å². The van der Waals surface area contributed by atoms with E-state index in [9.17, 15) is 0 Å². The van der Waals surface area contributed by atoms with E-state index in [2.05, 4.69) is 22.0 Å². The highest BCUT2D eigenvalue weighted by atomic mass is 16.3. The smallest absolute Gasteiger partial charge is 0.156 e. The van der Waals surface area contributed by atoms with Crippen molar-refractivity contribution in [1.82, 2.24) is 24.5 Å². The summed E-state index contributed by atoms with van der Waals surface area (Å²) in [6.07, 6.45) is 10.3. The molecule has 4 aromatic heterocycles. The Bertz CT molecular complexity index is 1010. The highest BCUT2D eigenvalue weighted by molar-refractivity contribution is 5.63. The molecule has 130 valence electrons. The van der Waals surface area contributed by atoms with Crippen LogP contribution < -0.4 is 0 Å². The van der Waals surface area contributed by atoms with Crippen molar-refractivity contribution in [2.45, 2.75) is 18.9 Å². The van der Waals surface area contributed by atoms with Gasteiger partial charge in [-0.3, -0.25) is 9.88 Å². The van der Waals surface area contributed by atoms with Gasteiger partial charge in [-0.1, -0.05) is 6.07 Å². The minimum absolute atomic E-state index is 0.378. The summed E-state index contributed by atoms with van der Waals surface area (Å²) in [4.78, 5) is 11.4. The Balaban J connectivity index is 1.36. The minimum Gasteiger partial charge on any atom is -0.472 e. The fourth-order valence-corrected chi connectivity index (χ4v) is 3.61. The third-order valence-corrected chi connectivity index (χ3v) is 4.97. The van der Waals surface area contributed by atoms with Gasteiger partial charge in [0.15, 0.2) is 11.5 Å². The molecule has 26 heavy (non-hydrogen) atoms. The summed E-state index contributed by atoms with van der Waals surface area (Å²) in [5, 5.41) is 4.75. The molecule has 1 aliphatic heterocycles. The predicted octanol–water partition coefficient (Wildman–Crippen LogP) is 3.37. The van der Waals surface area contributed by atoms with E-state index in [0.717, 1.165) is 48.7 Å². The molecule has 0 bridgehead atoms. The van der Waals surface area contributed by atoms with Crippen molar-refractivity contribution in [2.75, 3.05) is 13.1 Å². The molecule has 5 rings (SSSR count). The average Bonchev–Trinajstić information content (AvgIpc) is 3.42. The van der Waals surface area contributed by atoms with Gasteiger partial charge in [-0.25, -0.2) is 9.50 Å². The van der Waals surface area contributed by atoms with Gasteiger partial charge in [-0.2, -0.15) is 5.10 Å². The summed E-state index contributed by atoms with van der Waals surface area (Å²) in [5.41, 5.74) is 4.28. The summed E-state index contributed by atoms with van der Waals surface area (Å²) in [6, 6.07) is 10.1. The summed E-state index contributed by atoms with van der Waals surface area (Å²) >= 11 is 0. The standard InChI is InChI=1S/C20H19N5O/c1-2-16(10-21-7-1)17-3-4-19-22-20(23-25(19)13-17)18-5-8-24(12-18)11-15-6-9-26-14-15/h1-4,6-7,9-10,13-14,18H,5,8,11-12H2/t18-/m1/s1. The lowest BCUT2D eigenvalue weighted by molar-refractivity contribution is 0.324. The molecule has 6 nitrogen and oxygen atoms in total. The van der Waals surface area contributed by atoms with Crippen LogP contribution in [-0.4, -0.2) is 37.6 Å². The van der Waals surface area contributed by atoms with Crippen LogP contribution in [0, 0.1) is 0 Å². The van der Waals surface area contributed by atoms with Crippen LogP contribution in [0.1, 0.15) is 23.7 Å². The molecule has 0 aromatic carbocycles. The molecule has 1 atom stereocenters. The molecule has 1 saturated heterocycles. The van der Waals surface area contributed by atoms with Gasteiger partial charge in [0.1, 0.15) is 0 Å². The highest BCUT2D eigenvalue weighted by Gasteiger charge is 2.27. The topological polar surface area (TPSA) is 59.5 Å². The van der Waals surface area contributed by atoms with Crippen molar-refractivity contribution in [3.63, 3.8) is 0 Å². The molecular formula is C20H19N5O. The minimum atomic E-state index is 0.378. The second-order valence-corrected chi connectivity index (χ2v) is 6.78. The first-order valence-electron chi connectivity index (χ1n) is 8.85. The van der Waals surface area contributed by atoms with Gasteiger partial charge in [-0.05, 0) is 37.2 Å². The number of hydrogen-bond acceptors (Lipinski definition) is 5. The van der Waals surface area contributed by atoms with Crippen molar-refractivity contribution < 1.29 is 4.42 Å². The third-order valence-electron chi connectivity index (χ3n) is 4.97. The van der Waals surface area contributed by atoms with Crippen LogP contribution in [0.25, 0.3) is 16.8 Å². The fourth-order valence-electron chi connectivity index (χ4n) is 3.61. The highest BCUT2D eigenvalue weighted by Crippen LogP contribution is 2.27. The van der Waals surface area contributed by atoms with E-state index in [1.807, 2.05) is 41.4 Å². The maximum atomic E-state index is 5.16. The summed E-state index contributed by atoms with van der Waals surface area (Å²) in [5.74, 6) is 1.31. The first-order valence-corrected chi connectivity index (χ1v) is 8.85. The van der Waals surface area contributed by atoms with E-state index >= 15 is 0 Å². The Morgan fingerprint density at radius 1 is 1.15 bits per heavy atom. The van der Waals surface area contributed by atoms with Crippen LogP contribution in [0.15, 0.2) is 65.9 Å². The van der Waals surface area contributed by atoms with Crippen molar-refractivity contribution in [3.8, 4) is 11.1 Å². The third kappa shape index (κ3) is 2.88. The van der Waals surface area contributed by atoms with Gasteiger partial charge in [0, 0.05) is 54.3 Å². The Labute approximate surface area is 151 Å². The molecule has 0 N–H and O–H groups in total. The summed E-state index contributed by atoms with van der Waals surface area (Å²) < 4.78 is 7.05. The van der Waals surface area contributed by atoms with Gasteiger partial charge in [0.05, 0.1) is 12.5 Å². The van der Waals surface area contributed by atoms with Gasteiger partial charge >= 0.3 is 0 Å². The SMILES string of the molecule is c1cncc(-c2ccc3nc([C@@H]4CCN(Cc5ccoc5)C4)nn3c2)c1. The van der Waals surface area contributed by atoms with E-state index in [-0.39, 0.29) is 0 Å². The van der Waals surface area contributed by atoms with Crippen LogP contribution in [0.5, 0.6) is 0 Å². The Morgan fingerprint density at radius 2 is 2.15 bits per heavy atom. The number of fused-ring (bicyclic) bond motifs is 1. The van der Waals surface area contributed by atoms with Crippen LogP contribution in [-0.2, 0) is 6.54 Å². The zero-order chi connectivity index (χ0) is 17.3. The zero-order valence-corrected chi connectivity index (χ0v) is 14.3. The number of rotatable bonds is 4. The molecule has 0 unspecified atom stereocenters. The monoisotopic (exact) mass is 345 g/mol. The molecule has 0 spiro atoms. The quantitative estimate of drug-likeness (QED) is 0.567. The van der Waals surface area contributed by atoms with Crippen LogP contribution in [0.3, 0.4) is 0 Å². The average molecular weight is 345 g/mol. The Hall–Kier alpha value is -2.99. The normalized spacial score (nSPS) is 17.9.